The molecule has 0 spiro atoms. The van der Waals surface area contributed by atoms with Crippen LogP contribution >= 0.6 is 0 Å². The zero-order valence-corrected chi connectivity index (χ0v) is 17.9. The third-order valence-corrected chi connectivity index (χ3v) is 5.99. The van der Waals surface area contributed by atoms with E-state index in [9.17, 15) is 15.1 Å². The van der Waals surface area contributed by atoms with Crippen molar-refractivity contribution in [3.8, 4) is 0 Å². The molecule has 0 heterocycles. The van der Waals surface area contributed by atoms with Crippen molar-refractivity contribution in [1.29, 1.82) is 0 Å². The van der Waals surface area contributed by atoms with Crippen LogP contribution in [0, 0.1) is 11.8 Å². The SMILES string of the molecule is CC(C)(C)/[N+](O)=C/C1CCCC(C(=O)NC(CO)Cc2ccccc2)[C]1=[Pd]. The zero-order valence-electron chi connectivity index (χ0n) is 16.3. The maximum atomic E-state index is 12.8. The molecule has 5 nitrogen and oxygen atoms in total. The van der Waals surface area contributed by atoms with E-state index in [2.05, 4.69) is 24.1 Å². The Kier molecular flexibility index (Phi) is 7.91. The molecule has 152 valence electrons. The van der Waals surface area contributed by atoms with Gasteiger partial charge in [-0.25, -0.2) is 0 Å². The topological polar surface area (TPSA) is 72.6 Å². The summed E-state index contributed by atoms with van der Waals surface area (Å²) in [5.41, 5.74) is 0.697. The number of benzene rings is 1. The number of hydroxylamine groups is 1. The molecule has 0 bridgehead atoms. The molecule has 1 aromatic carbocycles. The van der Waals surface area contributed by atoms with Gasteiger partial charge in [0.1, 0.15) is 0 Å². The fourth-order valence-corrected chi connectivity index (χ4v) is 3.97. The first-order chi connectivity index (χ1) is 12.7. The minimum absolute atomic E-state index is 0.0171. The van der Waals surface area contributed by atoms with Crippen LogP contribution < -0.4 is 5.32 Å². The number of hydrogen-bond donors (Lipinski definition) is 3. The molecule has 0 radical (unpaired) electrons. The van der Waals surface area contributed by atoms with E-state index in [4.69, 9.17) is 0 Å². The number of nitrogens with zero attached hydrogens (tertiary/aromatic N) is 1. The minimum atomic E-state index is -0.385. The van der Waals surface area contributed by atoms with E-state index in [1.54, 1.807) is 6.21 Å². The summed E-state index contributed by atoms with van der Waals surface area (Å²) >= 11 is 3.30. The molecule has 1 saturated carbocycles. The predicted octanol–water partition coefficient (Wildman–Crippen LogP) is 2.11. The predicted molar refractivity (Wildman–Crippen MR) is 103 cm³/mol. The molecule has 27 heavy (non-hydrogen) atoms. The van der Waals surface area contributed by atoms with E-state index in [1.807, 2.05) is 51.1 Å². The summed E-state index contributed by atoms with van der Waals surface area (Å²) < 4.78 is 2.17. The van der Waals surface area contributed by atoms with Gasteiger partial charge < -0.3 is 0 Å². The molecule has 1 aliphatic carbocycles. The first-order valence-corrected chi connectivity index (χ1v) is 10.3. The summed E-state index contributed by atoms with van der Waals surface area (Å²) in [4.78, 5) is 12.8. The van der Waals surface area contributed by atoms with Gasteiger partial charge in [0, 0.05) is 0 Å². The van der Waals surface area contributed by atoms with Crippen LogP contribution in [0.2, 0.25) is 0 Å². The van der Waals surface area contributed by atoms with Crippen LogP contribution in [0.3, 0.4) is 0 Å². The van der Waals surface area contributed by atoms with Crippen molar-refractivity contribution in [2.24, 2.45) is 11.8 Å². The van der Waals surface area contributed by atoms with Gasteiger partial charge in [0.25, 0.3) is 0 Å². The van der Waals surface area contributed by atoms with Crippen molar-refractivity contribution in [2.75, 3.05) is 6.61 Å². The van der Waals surface area contributed by atoms with E-state index < -0.39 is 0 Å². The van der Waals surface area contributed by atoms with Gasteiger partial charge in [-0.2, -0.15) is 0 Å². The van der Waals surface area contributed by atoms with Crippen LogP contribution in [0.1, 0.15) is 45.6 Å². The van der Waals surface area contributed by atoms with E-state index in [1.165, 1.54) is 4.74 Å². The third-order valence-electron chi connectivity index (χ3n) is 4.87. The van der Waals surface area contributed by atoms with Crippen LogP contribution in [-0.2, 0) is 30.0 Å². The summed E-state index contributed by atoms with van der Waals surface area (Å²) in [6.07, 6.45) is 4.99. The van der Waals surface area contributed by atoms with E-state index >= 15 is 0 Å². The first kappa shape index (κ1) is 21.9. The van der Waals surface area contributed by atoms with E-state index in [-0.39, 0.29) is 35.9 Å². The summed E-state index contributed by atoms with van der Waals surface area (Å²) in [5.74, 6) is -0.296. The quantitative estimate of drug-likeness (QED) is 0.198. The van der Waals surface area contributed by atoms with Gasteiger partial charge in [0.15, 0.2) is 0 Å². The molecule has 1 fully saturated rings. The Labute approximate surface area is 172 Å². The van der Waals surface area contributed by atoms with Crippen molar-refractivity contribution >= 4 is 16.1 Å². The Hall–Kier alpha value is -1.35. The van der Waals surface area contributed by atoms with Crippen LogP contribution in [0.5, 0.6) is 0 Å². The molecule has 2 rings (SSSR count). The molecule has 3 N–H and O–H groups in total. The summed E-state index contributed by atoms with van der Waals surface area (Å²) in [7, 11) is 0. The van der Waals surface area contributed by atoms with Crippen LogP contribution in [0.4, 0.5) is 0 Å². The number of carbonyl (C=O) groups excluding carboxylic acids is 1. The monoisotopic (exact) mass is 465 g/mol. The average Bonchev–Trinajstić information content (AvgIpc) is 2.62. The number of hydrogen-bond acceptors (Lipinski definition) is 3. The number of rotatable bonds is 6. The van der Waals surface area contributed by atoms with Gasteiger partial charge in [-0.05, 0) is 0 Å². The third kappa shape index (κ3) is 6.34. The molecule has 0 aromatic heterocycles. The fraction of sp³-hybridized carbons (Fsp3) is 0.571. The molecule has 3 unspecified atom stereocenters. The van der Waals surface area contributed by atoms with Crippen molar-refractivity contribution in [3.63, 3.8) is 0 Å². The molecule has 0 saturated heterocycles. The van der Waals surface area contributed by atoms with Gasteiger partial charge in [-0.1, -0.05) is 0 Å². The Morgan fingerprint density at radius 2 is 2.00 bits per heavy atom. The second-order valence-electron chi connectivity index (χ2n) is 8.18. The molecular formula is C21H31N2O3Pd+. The Balaban J connectivity index is 2.03. The Morgan fingerprint density at radius 3 is 2.59 bits per heavy atom. The van der Waals surface area contributed by atoms with E-state index in [0.29, 0.717) is 6.42 Å². The number of carbonyl (C=O) groups is 1. The number of amides is 1. The van der Waals surface area contributed by atoms with Crippen LogP contribution in [0.15, 0.2) is 30.3 Å². The molecule has 6 heteroatoms. The van der Waals surface area contributed by atoms with E-state index in [0.717, 1.165) is 28.8 Å². The second-order valence-corrected chi connectivity index (χ2v) is 9.08. The van der Waals surface area contributed by atoms with Crippen molar-refractivity contribution in [3.05, 3.63) is 35.9 Å². The van der Waals surface area contributed by atoms with Crippen LogP contribution in [-0.4, -0.2) is 49.3 Å². The maximum absolute atomic E-state index is 12.8. The summed E-state index contributed by atoms with van der Waals surface area (Å²) in [6, 6.07) is 9.53. The molecular weight excluding hydrogens is 435 g/mol. The molecule has 3 atom stereocenters. The summed E-state index contributed by atoms with van der Waals surface area (Å²) in [6.45, 7) is 5.70. The first-order valence-electron chi connectivity index (χ1n) is 9.50. The summed E-state index contributed by atoms with van der Waals surface area (Å²) in [5, 5.41) is 22.9. The van der Waals surface area contributed by atoms with Crippen LogP contribution in [0.25, 0.3) is 0 Å². The standard InChI is InChI=1S/C21H30N2O3.Pd/c1-21(2,3)23(26)14-17-10-7-11-18(12-17)20(25)22-19(15-24)13-16-8-5-4-6-9-16;/h4-6,8-9,14,17-19,24H,7,10-11,13,15H2,1-3H3,(H-,22,25,26);/p+1/b23-14-;. The number of aliphatic hydroxyl groups excluding tert-OH is 1. The van der Waals surface area contributed by atoms with Gasteiger partial charge in [0.2, 0.25) is 0 Å². The fourth-order valence-electron chi connectivity index (χ4n) is 3.20. The second kappa shape index (κ2) is 9.73. The normalized spacial score (nSPS) is 22.4. The Morgan fingerprint density at radius 1 is 1.33 bits per heavy atom. The van der Waals surface area contributed by atoms with Crippen molar-refractivity contribution < 1.29 is 38.6 Å². The van der Waals surface area contributed by atoms with Gasteiger partial charge in [0.05, 0.1) is 0 Å². The van der Waals surface area contributed by atoms with Crippen molar-refractivity contribution in [1.82, 2.24) is 5.32 Å². The zero-order chi connectivity index (χ0) is 20.0. The molecule has 1 aromatic rings. The van der Waals surface area contributed by atoms with Crippen molar-refractivity contribution in [2.45, 2.75) is 58.0 Å². The van der Waals surface area contributed by atoms with Gasteiger partial charge in [-0.15, -0.1) is 0 Å². The molecule has 0 aliphatic heterocycles. The molecule has 1 amide bonds. The van der Waals surface area contributed by atoms with Gasteiger partial charge in [-0.3, -0.25) is 0 Å². The average molecular weight is 466 g/mol. The Bertz CT molecular complexity index is 682. The molecule has 1 aliphatic rings. The number of aliphatic hydroxyl groups is 1. The van der Waals surface area contributed by atoms with Gasteiger partial charge >= 0.3 is 172 Å². The number of nitrogens with one attached hydrogen (secondary N) is 1.